The number of methoxy groups -OCH3 is 8. The van der Waals surface area contributed by atoms with Crippen LogP contribution in [0.25, 0.3) is 0 Å². The van der Waals surface area contributed by atoms with E-state index in [-0.39, 0.29) is 93.7 Å². The van der Waals surface area contributed by atoms with E-state index >= 15 is 0 Å². The molecule has 0 aliphatic heterocycles. The molecule has 0 aliphatic carbocycles. The fourth-order valence-electron chi connectivity index (χ4n) is 3.33. The minimum absolute atomic E-state index is 0. The topological polar surface area (TPSA) is 111 Å². The number of hydrogen-bond donors (Lipinski definition) is 0. The van der Waals surface area contributed by atoms with Crippen LogP contribution in [0.4, 0.5) is 0 Å². The second kappa shape index (κ2) is 29.6. The van der Waals surface area contributed by atoms with Crippen LogP contribution in [0.3, 0.4) is 0 Å². The fraction of sp³-hybridized carbons (Fsp3) is 0.571. The first-order valence-electron chi connectivity index (χ1n) is 12.2. The van der Waals surface area contributed by atoms with Gasteiger partial charge < -0.3 is 90.8 Å². The summed E-state index contributed by atoms with van der Waals surface area (Å²) in [6.45, 7) is 5.62. The van der Waals surface area contributed by atoms with Crippen LogP contribution in [0.5, 0.6) is 46.0 Å². The largest absolute Gasteiger partial charge is 2.00 e. The molecule has 0 amide bonds. The van der Waals surface area contributed by atoms with E-state index in [4.69, 9.17) is 56.8 Å². The van der Waals surface area contributed by atoms with E-state index in [9.17, 15) is 0 Å². The molecule has 0 unspecified atom stereocenters. The number of aryl methyl sites for hydroxylation is 2. The Labute approximate surface area is 314 Å². The van der Waals surface area contributed by atoms with Crippen LogP contribution in [-0.4, -0.2) is 143 Å². The van der Waals surface area contributed by atoms with E-state index in [1.54, 1.807) is 42.7 Å². The predicted molar refractivity (Wildman–Crippen MR) is 157 cm³/mol. The summed E-state index contributed by atoms with van der Waals surface area (Å²) in [5.41, 5.74) is 1.51. The molecular weight excluding hydrogens is 737 g/mol. The maximum Gasteiger partial charge on any atom is 2.00 e. The molecule has 0 saturated carbocycles. The molecule has 0 spiro atoms. The van der Waals surface area contributed by atoms with Gasteiger partial charge in [-0.3, -0.25) is 0 Å². The molecule has 2 rings (SSSR count). The Bertz CT molecular complexity index is 1020. The maximum absolute atomic E-state index is 5.64. The maximum atomic E-state index is 5.64. The van der Waals surface area contributed by atoms with Crippen LogP contribution in [-0.2, 0) is 18.9 Å². The monoisotopic (exact) mass is 776 g/mol. The Balaban J connectivity index is -0.000000367. The van der Waals surface area contributed by atoms with Crippen molar-refractivity contribution in [3.05, 3.63) is 23.3 Å². The molecule has 0 radical (unpaired) electrons. The minimum Gasteiger partial charge on any atom is -1.00 e. The van der Waals surface area contributed by atoms with E-state index in [2.05, 4.69) is 12.1 Å². The molecule has 0 atom stereocenters. The quantitative estimate of drug-likeness (QED) is 0.0662. The summed E-state index contributed by atoms with van der Waals surface area (Å²) in [5, 5.41) is 0. The number of benzene rings is 2. The van der Waals surface area contributed by atoms with Crippen LogP contribution in [0.15, 0.2) is 0 Å². The summed E-state index contributed by atoms with van der Waals surface area (Å²) in [6, 6.07) is 6.09. The van der Waals surface area contributed by atoms with Crippen molar-refractivity contribution in [2.75, 3.05) is 96.9 Å². The van der Waals surface area contributed by atoms with Gasteiger partial charge in [-0.25, -0.2) is 0 Å². The van der Waals surface area contributed by atoms with E-state index in [0.717, 1.165) is 5.56 Å². The van der Waals surface area contributed by atoms with Gasteiger partial charge in [0.2, 0.25) is 0 Å². The van der Waals surface area contributed by atoms with Gasteiger partial charge in [0.25, 0.3) is 0 Å². The van der Waals surface area contributed by atoms with Crippen LogP contribution in [0.2, 0.25) is 0 Å². The van der Waals surface area contributed by atoms with Crippen molar-refractivity contribution < 1.29 is 90.8 Å². The number of ether oxygens (including phenoxy) is 12. The molecular formula is C28H42Br2Mg2O12. The third kappa shape index (κ3) is 15.6. The van der Waals surface area contributed by atoms with Crippen LogP contribution >= 0.6 is 0 Å². The first kappa shape index (κ1) is 50.0. The Morgan fingerprint density at radius 1 is 0.432 bits per heavy atom. The predicted octanol–water partition coefficient (Wildman–Crippen LogP) is -3.11. The number of halogens is 2. The van der Waals surface area contributed by atoms with Crippen molar-refractivity contribution >= 4 is 46.1 Å². The zero-order valence-corrected chi connectivity index (χ0v) is 33.3. The van der Waals surface area contributed by atoms with Crippen molar-refractivity contribution in [3.63, 3.8) is 0 Å². The van der Waals surface area contributed by atoms with Gasteiger partial charge in [0, 0.05) is 14.2 Å². The van der Waals surface area contributed by atoms with E-state index < -0.39 is 0 Å². The summed E-state index contributed by atoms with van der Waals surface area (Å²) in [4.78, 5) is 0. The smallest absolute Gasteiger partial charge is 1.00 e. The van der Waals surface area contributed by atoms with Gasteiger partial charge in [-0.15, -0.1) is 23.3 Å². The van der Waals surface area contributed by atoms with Gasteiger partial charge >= 0.3 is 46.1 Å². The molecule has 0 N–H and O–H groups in total. The summed E-state index contributed by atoms with van der Waals surface area (Å²) in [5.74, 6) is 3.75. The first-order valence-corrected chi connectivity index (χ1v) is 12.2. The molecule has 2 aromatic carbocycles. The molecule has 16 heteroatoms. The van der Waals surface area contributed by atoms with Gasteiger partial charge in [-0.1, -0.05) is 13.8 Å². The van der Waals surface area contributed by atoms with Crippen LogP contribution in [0.1, 0.15) is 11.1 Å². The zero-order chi connectivity index (χ0) is 29.9. The van der Waals surface area contributed by atoms with Gasteiger partial charge in [0.05, 0.1) is 115 Å². The molecule has 12 nitrogen and oxygen atoms in total. The molecule has 0 bridgehead atoms. The molecule has 44 heavy (non-hydrogen) atoms. The molecule has 244 valence electrons. The average Bonchev–Trinajstić information content (AvgIpc) is 2.96. The van der Waals surface area contributed by atoms with Gasteiger partial charge in [0.15, 0.2) is 13.6 Å². The third-order valence-corrected chi connectivity index (χ3v) is 5.18. The second-order valence-corrected chi connectivity index (χ2v) is 7.68. The fourth-order valence-corrected chi connectivity index (χ4v) is 3.33. The summed E-state index contributed by atoms with van der Waals surface area (Å²) in [7, 11) is 12.5. The molecule has 0 aliphatic rings. The normalized spacial score (nSPS) is 9.32. The Hall–Kier alpha value is -0.828. The zero-order valence-electron chi connectivity index (χ0n) is 27.3. The van der Waals surface area contributed by atoms with Crippen LogP contribution in [0, 0.1) is 26.0 Å². The molecule has 0 aromatic heterocycles. The summed E-state index contributed by atoms with van der Waals surface area (Å²) in [6.07, 6.45) is 0. The number of rotatable bonds is 18. The van der Waals surface area contributed by atoms with Crippen molar-refractivity contribution in [2.45, 2.75) is 13.8 Å². The molecule has 0 fully saturated rings. The standard InChI is InChI=1S/C17H27O8.C11H15O4.2BrH.2Mg/c1-13-10-14(24-11-22-8-6-18-2)16(20-4)17(21-5)15(13)25-12-23-9-7-19-3;1-7-6-8(12-2)10(14-4)11(15-5)9(7)13-3;;;;/h6-9,11-12H2,1-5H3;1-5H3;2*1H;;/q2*-1;;;2*+2/p-2. The minimum atomic E-state index is 0. The SMILES string of the molecule is COCCOCOc1[c-]c(C)c(OCOCCOC)c(OC)c1OC.COc1[c-]c(C)c(OC)c(OC)c1OC.[Br-].[Br-].[Mg+2].[Mg+2]. The Morgan fingerprint density at radius 3 is 1.25 bits per heavy atom. The van der Waals surface area contributed by atoms with Crippen LogP contribution < -0.4 is 71.9 Å². The van der Waals surface area contributed by atoms with Crippen molar-refractivity contribution in [3.8, 4) is 46.0 Å². The van der Waals surface area contributed by atoms with Gasteiger partial charge in [-0.2, -0.15) is 0 Å². The molecule has 0 heterocycles. The van der Waals surface area contributed by atoms with Crippen molar-refractivity contribution in [2.24, 2.45) is 0 Å². The van der Waals surface area contributed by atoms with Crippen molar-refractivity contribution in [1.29, 1.82) is 0 Å². The third-order valence-electron chi connectivity index (χ3n) is 5.18. The Kier molecular flexibility index (Phi) is 33.6. The molecule has 2 aromatic rings. The summed E-state index contributed by atoms with van der Waals surface area (Å²) < 4.78 is 63.2. The number of hydrogen-bond acceptors (Lipinski definition) is 12. The second-order valence-electron chi connectivity index (χ2n) is 7.68. The van der Waals surface area contributed by atoms with E-state index in [1.165, 1.54) is 14.2 Å². The van der Waals surface area contributed by atoms with Gasteiger partial charge in [-0.05, 0) is 0 Å². The average molecular weight is 779 g/mol. The first-order chi connectivity index (χ1) is 19.4. The van der Waals surface area contributed by atoms with E-state index in [1.807, 2.05) is 13.8 Å². The summed E-state index contributed by atoms with van der Waals surface area (Å²) >= 11 is 0. The Morgan fingerprint density at radius 2 is 0.818 bits per heavy atom. The molecule has 0 saturated heterocycles. The van der Waals surface area contributed by atoms with Gasteiger partial charge in [0.1, 0.15) is 0 Å². The van der Waals surface area contributed by atoms with E-state index in [0.29, 0.717) is 78.0 Å². The van der Waals surface area contributed by atoms with Crippen molar-refractivity contribution in [1.82, 2.24) is 0 Å².